The van der Waals surface area contributed by atoms with Crippen molar-refractivity contribution in [2.75, 3.05) is 0 Å². The molecular formula is C20H22O6. The SMILES string of the molecule is CC=C(C)C(=O)OC1C2(C)C=CC(=O)C2=C(C)CC23OC(=O)C(C)C12O3. The molecule has 4 rings (SSSR count). The van der Waals surface area contributed by atoms with Gasteiger partial charge in [-0.15, -0.1) is 0 Å². The van der Waals surface area contributed by atoms with E-state index < -0.39 is 34.8 Å². The van der Waals surface area contributed by atoms with E-state index >= 15 is 0 Å². The van der Waals surface area contributed by atoms with Gasteiger partial charge in [0.05, 0.1) is 11.3 Å². The van der Waals surface area contributed by atoms with Crippen molar-refractivity contribution in [3.63, 3.8) is 0 Å². The van der Waals surface area contributed by atoms with Crippen molar-refractivity contribution in [2.45, 2.75) is 58.5 Å². The number of esters is 2. The summed E-state index contributed by atoms with van der Waals surface area (Å²) < 4.78 is 17.5. The van der Waals surface area contributed by atoms with E-state index in [1.165, 1.54) is 6.08 Å². The van der Waals surface area contributed by atoms with Gasteiger partial charge in [-0.25, -0.2) is 4.79 Å². The van der Waals surface area contributed by atoms with Gasteiger partial charge in [0.15, 0.2) is 17.5 Å². The van der Waals surface area contributed by atoms with E-state index in [4.69, 9.17) is 14.2 Å². The van der Waals surface area contributed by atoms with E-state index in [-0.39, 0.29) is 11.8 Å². The van der Waals surface area contributed by atoms with Crippen molar-refractivity contribution in [3.05, 3.63) is 34.9 Å². The summed E-state index contributed by atoms with van der Waals surface area (Å²) in [5.41, 5.74) is -0.0964. The topological polar surface area (TPSA) is 82.2 Å². The zero-order chi connectivity index (χ0) is 19.1. The third-order valence-corrected chi connectivity index (χ3v) is 6.35. The first-order chi connectivity index (χ1) is 12.1. The van der Waals surface area contributed by atoms with Crippen molar-refractivity contribution in [1.29, 1.82) is 0 Å². The van der Waals surface area contributed by atoms with Crippen LogP contribution in [0.4, 0.5) is 0 Å². The van der Waals surface area contributed by atoms with Crippen LogP contribution in [-0.2, 0) is 28.6 Å². The van der Waals surface area contributed by atoms with E-state index in [0.717, 1.165) is 5.57 Å². The number of fused-ring (bicyclic) bond motifs is 1. The molecule has 5 unspecified atom stereocenters. The van der Waals surface area contributed by atoms with Crippen molar-refractivity contribution >= 4 is 17.7 Å². The first-order valence-electron chi connectivity index (χ1n) is 8.83. The number of hydrogen-bond donors (Lipinski definition) is 0. The molecule has 0 aromatic rings. The van der Waals surface area contributed by atoms with E-state index in [1.54, 1.807) is 32.9 Å². The van der Waals surface area contributed by atoms with Gasteiger partial charge in [0, 0.05) is 17.6 Å². The fraction of sp³-hybridized carbons (Fsp3) is 0.550. The molecule has 6 nitrogen and oxygen atoms in total. The molecule has 26 heavy (non-hydrogen) atoms. The van der Waals surface area contributed by atoms with E-state index in [0.29, 0.717) is 17.6 Å². The molecule has 2 heterocycles. The van der Waals surface area contributed by atoms with Gasteiger partial charge in [0.25, 0.3) is 5.79 Å². The molecule has 2 aliphatic heterocycles. The van der Waals surface area contributed by atoms with Crippen LogP contribution in [0.3, 0.4) is 0 Å². The molecule has 2 aliphatic carbocycles. The second-order valence-electron chi connectivity index (χ2n) is 7.86. The van der Waals surface area contributed by atoms with Gasteiger partial charge in [-0.3, -0.25) is 9.59 Å². The minimum absolute atomic E-state index is 0.0973. The maximum absolute atomic E-state index is 12.6. The summed E-state index contributed by atoms with van der Waals surface area (Å²) in [7, 11) is 0. The summed E-state index contributed by atoms with van der Waals surface area (Å²) in [6, 6.07) is 0. The molecule has 4 aliphatic rings. The summed E-state index contributed by atoms with van der Waals surface area (Å²) in [4.78, 5) is 37.4. The number of carbonyl (C=O) groups excluding carboxylic acids is 3. The zero-order valence-electron chi connectivity index (χ0n) is 15.5. The minimum Gasteiger partial charge on any atom is -0.454 e. The molecule has 0 radical (unpaired) electrons. The van der Waals surface area contributed by atoms with E-state index in [2.05, 4.69) is 0 Å². The van der Waals surface area contributed by atoms with Crippen LogP contribution in [-0.4, -0.2) is 35.2 Å². The first kappa shape index (κ1) is 17.2. The lowest BCUT2D eigenvalue weighted by Gasteiger charge is -2.37. The van der Waals surface area contributed by atoms with Gasteiger partial charge >= 0.3 is 11.9 Å². The van der Waals surface area contributed by atoms with E-state index in [1.807, 2.05) is 13.8 Å². The third-order valence-electron chi connectivity index (χ3n) is 6.35. The highest BCUT2D eigenvalue weighted by molar-refractivity contribution is 6.09. The molecule has 138 valence electrons. The largest absolute Gasteiger partial charge is 0.454 e. The van der Waals surface area contributed by atoms with Crippen molar-refractivity contribution in [1.82, 2.24) is 0 Å². The Kier molecular flexibility index (Phi) is 3.27. The van der Waals surface area contributed by atoms with Gasteiger partial charge in [0.1, 0.15) is 0 Å². The van der Waals surface area contributed by atoms with Gasteiger partial charge in [-0.05, 0) is 40.7 Å². The Hall–Kier alpha value is -2.21. The maximum atomic E-state index is 12.6. The summed E-state index contributed by atoms with van der Waals surface area (Å²) in [6.07, 6.45) is 4.40. The molecule has 0 spiro atoms. The molecule has 0 aromatic heterocycles. The lowest BCUT2D eigenvalue weighted by atomic mass is 9.70. The highest BCUT2D eigenvalue weighted by atomic mass is 16.8. The van der Waals surface area contributed by atoms with Crippen molar-refractivity contribution < 1.29 is 28.6 Å². The molecule has 0 saturated carbocycles. The smallest absolute Gasteiger partial charge is 0.333 e. The number of allylic oxidation sites excluding steroid dienone is 2. The molecular weight excluding hydrogens is 336 g/mol. The number of hydrogen-bond acceptors (Lipinski definition) is 6. The molecule has 5 atom stereocenters. The Morgan fingerprint density at radius 1 is 1.38 bits per heavy atom. The summed E-state index contributed by atoms with van der Waals surface area (Å²) in [6.45, 7) is 8.85. The molecule has 0 aromatic carbocycles. The Bertz CT molecular complexity index is 848. The monoisotopic (exact) mass is 358 g/mol. The quantitative estimate of drug-likeness (QED) is 0.428. The molecule has 0 bridgehead atoms. The number of rotatable bonds is 2. The predicted octanol–water partition coefficient (Wildman–Crippen LogP) is 2.39. The van der Waals surface area contributed by atoms with Crippen LogP contribution in [0, 0.1) is 11.3 Å². The highest BCUT2D eigenvalue weighted by Crippen LogP contribution is 2.70. The van der Waals surface area contributed by atoms with Crippen LogP contribution in [0.15, 0.2) is 34.9 Å². The predicted molar refractivity (Wildman–Crippen MR) is 90.7 cm³/mol. The van der Waals surface area contributed by atoms with Crippen LogP contribution in [0.2, 0.25) is 0 Å². The van der Waals surface area contributed by atoms with Crippen molar-refractivity contribution in [2.24, 2.45) is 11.3 Å². The Morgan fingerprint density at radius 2 is 2.08 bits per heavy atom. The summed E-state index contributed by atoms with van der Waals surface area (Å²) in [5.74, 6) is -2.71. The van der Waals surface area contributed by atoms with Crippen LogP contribution < -0.4 is 0 Å². The minimum atomic E-state index is -1.16. The Balaban J connectivity index is 1.89. The standard InChI is InChI=1S/C20H22O6/c1-6-10(2)15(22)24-17-18(5)8-7-13(21)14(18)11(3)9-19-20(17,26-19)12(4)16(23)25-19/h6-8,12,17H,9H2,1-5H3. The van der Waals surface area contributed by atoms with Crippen molar-refractivity contribution in [3.8, 4) is 0 Å². The van der Waals surface area contributed by atoms with Gasteiger partial charge in [-0.1, -0.05) is 17.7 Å². The number of ether oxygens (including phenoxy) is 3. The fourth-order valence-electron chi connectivity index (χ4n) is 4.86. The summed E-state index contributed by atoms with van der Waals surface area (Å²) in [5, 5.41) is 0. The van der Waals surface area contributed by atoms with Gasteiger partial charge in [0.2, 0.25) is 0 Å². The average molecular weight is 358 g/mol. The summed E-state index contributed by atoms with van der Waals surface area (Å²) >= 11 is 0. The lowest BCUT2D eigenvalue weighted by Crippen LogP contribution is -2.50. The highest BCUT2D eigenvalue weighted by Gasteiger charge is 2.88. The van der Waals surface area contributed by atoms with E-state index in [9.17, 15) is 14.4 Å². The van der Waals surface area contributed by atoms with Gasteiger partial charge in [-0.2, -0.15) is 0 Å². The lowest BCUT2D eigenvalue weighted by molar-refractivity contribution is -0.166. The number of epoxide rings is 1. The average Bonchev–Trinajstić information content (AvgIpc) is 3.04. The third kappa shape index (κ3) is 1.78. The second-order valence-corrected chi connectivity index (χ2v) is 7.86. The number of ketones is 1. The van der Waals surface area contributed by atoms with Crippen LogP contribution in [0.25, 0.3) is 0 Å². The maximum Gasteiger partial charge on any atom is 0.333 e. The van der Waals surface area contributed by atoms with Gasteiger partial charge < -0.3 is 14.2 Å². The number of carbonyl (C=O) groups is 3. The van der Waals surface area contributed by atoms with Crippen LogP contribution in [0.1, 0.15) is 41.0 Å². The zero-order valence-corrected chi connectivity index (χ0v) is 15.5. The normalized spacial score (nSPS) is 43.5. The first-order valence-corrected chi connectivity index (χ1v) is 8.83. The molecule has 2 saturated heterocycles. The van der Waals surface area contributed by atoms with Crippen LogP contribution in [0.5, 0.6) is 0 Å². The molecule has 0 amide bonds. The second kappa shape index (κ2) is 4.94. The Morgan fingerprint density at radius 3 is 2.73 bits per heavy atom. The fourth-order valence-corrected chi connectivity index (χ4v) is 4.86. The molecule has 0 N–H and O–H groups in total. The van der Waals surface area contributed by atoms with Crippen LogP contribution >= 0.6 is 0 Å². The Labute approximate surface area is 151 Å². The molecule has 2 fully saturated rings. The molecule has 6 heteroatoms.